The second-order valence-electron chi connectivity index (χ2n) is 5.75. The van der Waals surface area contributed by atoms with E-state index < -0.39 is 0 Å². The Kier molecular flexibility index (Phi) is 3.34. The fourth-order valence-corrected chi connectivity index (χ4v) is 2.97. The summed E-state index contributed by atoms with van der Waals surface area (Å²) < 4.78 is 9.39. The number of hydrogen-bond acceptors (Lipinski definition) is 4. The molecule has 0 aromatic carbocycles. The van der Waals surface area contributed by atoms with Crippen molar-refractivity contribution >= 4 is 11.4 Å². The molecule has 3 aromatic heterocycles. The number of imidazole rings is 1. The van der Waals surface area contributed by atoms with Gasteiger partial charge in [0.15, 0.2) is 0 Å². The first kappa shape index (κ1) is 14.0. The van der Waals surface area contributed by atoms with Crippen molar-refractivity contribution in [3.05, 3.63) is 54.4 Å². The Balaban J connectivity index is 1.53. The van der Waals surface area contributed by atoms with E-state index in [0.29, 0.717) is 12.2 Å². The molecule has 1 N–H and O–H groups in total. The SMILES string of the molecule is Cn1cc([C@H]2OCC[C@@H]2NC(=O)c2ccn3cncc3c2)cn1. The molecule has 0 spiro atoms. The van der Waals surface area contributed by atoms with Gasteiger partial charge >= 0.3 is 0 Å². The first-order chi connectivity index (χ1) is 11.2. The molecular formula is C16H17N5O2. The molecule has 1 fully saturated rings. The van der Waals surface area contributed by atoms with Gasteiger partial charge in [0.25, 0.3) is 5.91 Å². The lowest BCUT2D eigenvalue weighted by atomic mass is 10.0. The number of carbonyl (C=O) groups is 1. The molecule has 0 unspecified atom stereocenters. The molecule has 1 aliphatic rings. The Morgan fingerprint density at radius 3 is 3.17 bits per heavy atom. The highest BCUT2D eigenvalue weighted by molar-refractivity contribution is 5.95. The molecule has 7 nitrogen and oxygen atoms in total. The molecular weight excluding hydrogens is 294 g/mol. The number of nitrogens with one attached hydrogen (secondary N) is 1. The van der Waals surface area contributed by atoms with Crippen LogP contribution in [0.4, 0.5) is 0 Å². The minimum Gasteiger partial charge on any atom is -0.371 e. The molecule has 4 rings (SSSR count). The zero-order chi connectivity index (χ0) is 15.8. The van der Waals surface area contributed by atoms with Crippen molar-refractivity contribution in [2.75, 3.05) is 6.61 Å². The lowest BCUT2D eigenvalue weighted by Crippen LogP contribution is -2.36. The number of aryl methyl sites for hydroxylation is 1. The van der Waals surface area contributed by atoms with Gasteiger partial charge in [-0.15, -0.1) is 0 Å². The van der Waals surface area contributed by atoms with Crippen LogP contribution in [0.5, 0.6) is 0 Å². The van der Waals surface area contributed by atoms with E-state index >= 15 is 0 Å². The van der Waals surface area contributed by atoms with Gasteiger partial charge in [-0.2, -0.15) is 5.10 Å². The average Bonchev–Trinajstić information content (AvgIpc) is 3.26. The number of fused-ring (bicyclic) bond motifs is 1. The number of nitrogens with zero attached hydrogens (tertiary/aromatic N) is 4. The lowest BCUT2D eigenvalue weighted by Gasteiger charge is -2.18. The summed E-state index contributed by atoms with van der Waals surface area (Å²) in [7, 11) is 1.87. The third-order valence-electron chi connectivity index (χ3n) is 4.14. The van der Waals surface area contributed by atoms with Crippen LogP contribution < -0.4 is 5.32 Å². The summed E-state index contributed by atoms with van der Waals surface area (Å²) in [5.74, 6) is -0.0990. The smallest absolute Gasteiger partial charge is 0.251 e. The maximum atomic E-state index is 12.5. The Labute approximate surface area is 132 Å². The van der Waals surface area contributed by atoms with E-state index in [1.807, 2.05) is 29.9 Å². The maximum Gasteiger partial charge on any atom is 0.251 e. The quantitative estimate of drug-likeness (QED) is 0.792. The fourth-order valence-electron chi connectivity index (χ4n) is 2.97. The van der Waals surface area contributed by atoms with E-state index in [1.165, 1.54) is 0 Å². The van der Waals surface area contributed by atoms with Crippen LogP contribution >= 0.6 is 0 Å². The van der Waals surface area contributed by atoms with Crippen LogP contribution in [0.1, 0.15) is 28.4 Å². The van der Waals surface area contributed by atoms with Crippen LogP contribution in [-0.4, -0.2) is 37.7 Å². The van der Waals surface area contributed by atoms with Crippen molar-refractivity contribution in [3.63, 3.8) is 0 Å². The average molecular weight is 311 g/mol. The summed E-state index contributed by atoms with van der Waals surface area (Å²) in [5.41, 5.74) is 2.50. The van der Waals surface area contributed by atoms with Crippen LogP contribution in [0.3, 0.4) is 0 Å². The summed E-state index contributed by atoms with van der Waals surface area (Å²) in [6.45, 7) is 0.631. The van der Waals surface area contributed by atoms with E-state index in [4.69, 9.17) is 4.74 Å². The molecule has 1 aliphatic heterocycles. The summed E-state index contributed by atoms with van der Waals surface area (Å²) in [5, 5.41) is 7.25. The monoisotopic (exact) mass is 311 g/mol. The zero-order valence-corrected chi connectivity index (χ0v) is 12.7. The lowest BCUT2D eigenvalue weighted by molar-refractivity contribution is 0.0821. The van der Waals surface area contributed by atoms with E-state index in [-0.39, 0.29) is 18.1 Å². The van der Waals surface area contributed by atoms with Gasteiger partial charge in [0.2, 0.25) is 0 Å². The Bertz CT molecular complexity index is 853. The number of hydrogen-bond donors (Lipinski definition) is 1. The van der Waals surface area contributed by atoms with Gasteiger partial charge in [0.1, 0.15) is 6.10 Å². The van der Waals surface area contributed by atoms with Crippen molar-refractivity contribution in [1.82, 2.24) is 24.5 Å². The summed E-state index contributed by atoms with van der Waals surface area (Å²) in [6.07, 6.45) is 9.63. The van der Waals surface area contributed by atoms with Crippen molar-refractivity contribution < 1.29 is 9.53 Å². The van der Waals surface area contributed by atoms with Gasteiger partial charge in [0.05, 0.1) is 30.3 Å². The first-order valence-electron chi connectivity index (χ1n) is 7.53. The minimum absolute atomic E-state index is 0.0483. The standard InChI is InChI=1S/C16H17N5O2/c1-20-9-12(7-18-20)15-14(3-5-23-15)19-16(22)11-2-4-21-10-17-8-13(21)6-11/h2,4,6-10,14-15H,3,5H2,1H3,(H,19,22)/t14-,15+/m0/s1. The van der Waals surface area contributed by atoms with E-state index in [9.17, 15) is 4.79 Å². The molecule has 7 heteroatoms. The van der Waals surface area contributed by atoms with Crippen LogP contribution in [0.2, 0.25) is 0 Å². The molecule has 4 heterocycles. The molecule has 23 heavy (non-hydrogen) atoms. The van der Waals surface area contributed by atoms with E-state index in [2.05, 4.69) is 15.4 Å². The van der Waals surface area contributed by atoms with Gasteiger partial charge in [0, 0.05) is 37.2 Å². The van der Waals surface area contributed by atoms with Gasteiger partial charge in [-0.1, -0.05) is 0 Å². The fraction of sp³-hybridized carbons (Fsp3) is 0.312. The third kappa shape index (κ3) is 2.59. The van der Waals surface area contributed by atoms with Gasteiger partial charge < -0.3 is 14.5 Å². The predicted molar refractivity (Wildman–Crippen MR) is 83.0 cm³/mol. The molecule has 1 saturated heterocycles. The number of carbonyl (C=O) groups excluding carboxylic acids is 1. The minimum atomic E-state index is -0.147. The molecule has 0 aliphatic carbocycles. The van der Waals surface area contributed by atoms with Crippen LogP contribution in [0.25, 0.3) is 5.52 Å². The molecule has 2 atom stereocenters. The van der Waals surface area contributed by atoms with Gasteiger partial charge in [-0.05, 0) is 18.6 Å². The zero-order valence-electron chi connectivity index (χ0n) is 12.7. The Morgan fingerprint density at radius 1 is 1.43 bits per heavy atom. The highest BCUT2D eigenvalue weighted by Gasteiger charge is 2.32. The highest BCUT2D eigenvalue weighted by Crippen LogP contribution is 2.29. The van der Waals surface area contributed by atoms with Gasteiger partial charge in [-0.3, -0.25) is 9.48 Å². The number of aromatic nitrogens is 4. The molecule has 0 radical (unpaired) electrons. The van der Waals surface area contributed by atoms with Crippen molar-refractivity contribution in [3.8, 4) is 0 Å². The van der Waals surface area contributed by atoms with Crippen molar-refractivity contribution in [2.24, 2.45) is 7.05 Å². The number of ether oxygens (including phenoxy) is 1. The van der Waals surface area contributed by atoms with Crippen LogP contribution in [0.15, 0.2) is 43.2 Å². The van der Waals surface area contributed by atoms with Crippen molar-refractivity contribution in [2.45, 2.75) is 18.6 Å². The second-order valence-corrected chi connectivity index (χ2v) is 5.75. The molecule has 3 aromatic rings. The molecule has 0 bridgehead atoms. The summed E-state index contributed by atoms with van der Waals surface area (Å²) >= 11 is 0. The molecule has 0 saturated carbocycles. The van der Waals surface area contributed by atoms with Gasteiger partial charge in [-0.25, -0.2) is 4.98 Å². The van der Waals surface area contributed by atoms with E-state index in [1.54, 1.807) is 29.5 Å². The Morgan fingerprint density at radius 2 is 2.35 bits per heavy atom. The normalized spacial score (nSPS) is 20.9. The molecule has 118 valence electrons. The Hall–Kier alpha value is -2.67. The molecule has 1 amide bonds. The number of pyridine rings is 1. The number of rotatable bonds is 3. The largest absolute Gasteiger partial charge is 0.371 e. The maximum absolute atomic E-state index is 12.5. The second kappa shape index (κ2) is 5.51. The topological polar surface area (TPSA) is 73.5 Å². The van der Waals surface area contributed by atoms with Crippen LogP contribution in [0, 0.1) is 0 Å². The van der Waals surface area contributed by atoms with E-state index in [0.717, 1.165) is 17.5 Å². The first-order valence-corrected chi connectivity index (χ1v) is 7.53. The summed E-state index contributed by atoms with van der Waals surface area (Å²) in [4.78, 5) is 16.6. The summed E-state index contributed by atoms with van der Waals surface area (Å²) in [6, 6.07) is 3.57. The van der Waals surface area contributed by atoms with Crippen LogP contribution in [-0.2, 0) is 11.8 Å². The number of amides is 1. The van der Waals surface area contributed by atoms with Crippen molar-refractivity contribution in [1.29, 1.82) is 0 Å². The predicted octanol–water partition coefficient (Wildman–Crippen LogP) is 1.33. The third-order valence-corrected chi connectivity index (χ3v) is 4.14. The highest BCUT2D eigenvalue weighted by atomic mass is 16.5.